The van der Waals surface area contributed by atoms with Crippen molar-refractivity contribution in [1.82, 2.24) is 0 Å². The molecule has 0 bridgehead atoms. The molecule has 2 aromatic carbocycles. The highest BCUT2D eigenvalue weighted by Gasteiger charge is 2.34. The fourth-order valence-corrected chi connectivity index (χ4v) is 3.68. The molecule has 0 spiro atoms. The second kappa shape index (κ2) is 7.77. The lowest BCUT2D eigenvalue weighted by Crippen LogP contribution is -2.31. The van der Waals surface area contributed by atoms with Gasteiger partial charge in [0.1, 0.15) is 0 Å². The van der Waals surface area contributed by atoms with Gasteiger partial charge in [-0.2, -0.15) is 0 Å². The molecule has 2 rings (SSSR count). The van der Waals surface area contributed by atoms with Gasteiger partial charge in [0, 0.05) is 20.9 Å². The molecule has 0 aliphatic heterocycles. The Balaban J connectivity index is 2.63. The molecular weight excluding hydrogens is 464 g/mol. The van der Waals surface area contributed by atoms with Gasteiger partial charge in [-0.05, 0) is 45.9 Å². The first-order chi connectivity index (χ1) is 11.5. The zero-order valence-corrected chi connectivity index (χ0v) is 18.6. The van der Waals surface area contributed by atoms with Crippen LogP contribution < -0.4 is 0 Å². The Morgan fingerprint density at radius 2 is 1.36 bits per heavy atom. The lowest BCUT2D eigenvalue weighted by atomic mass is 9.90. The minimum Gasteiger partial charge on any atom is -0.293 e. The van der Waals surface area contributed by atoms with Crippen LogP contribution in [0.15, 0.2) is 58.3 Å². The summed E-state index contributed by atoms with van der Waals surface area (Å²) in [6, 6.07) is 15.3. The molecule has 0 heterocycles. The van der Waals surface area contributed by atoms with Gasteiger partial charge in [0.25, 0.3) is 0 Å². The van der Waals surface area contributed by atoms with Crippen molar-refractivity contribution in [3.8, 4) is 0 Å². The maximum absolute atomic E-state index is 13.1. The molecule has 2 nitrogen and oxygen atoms in total. The summed E-state index contributed by atoms with van der Waals surface area (Å²) in [5, 5.41) is 0. The topological polar surface area (TPSA) is 34.1 Å². The molecule has 5 heteroatoms. The van der Waals surface area contributed by atoms with E-state index in [1.54, 1.807) is 33.8 Å². The zero-order chi connectivity index (χ0) is 18.8. The van der Waals surface area contributed by atoms with Gasteiger partial charge in [0.15, 0.2) is 11.6 Å². The highest BCUT2D eigenvalue weighted by atomic mass is 79.9. The van der Waals surface area contributed by atoms with E-state index in [2.05, 4.69) is 31.9 Å². The van der Waals surface area contributed by atoms with E-state index in [0.717, 1.165) is 9.79 Å². The lowest BCUT2D eigenvalue weighted by molar-refractivity contribution is 0.0926. The third-order valence-corrected chi connectivity index (χ3v) is 5.34. The van der Waals surface area contributed by atoms with E-state index >= 15 is 0 Å². The second-order valence-electron chi connectivity index (χ2n) is 6.70. The number of alkyl halides is 2. The van der Waals surface area contributed by atoms with Gasteiger partial charge < -0.3 is 0 Å². The molecule has 0 aliphatic rings. The summed E-state index contributed by atoms with van der Waals surface area (Å²) in [5.74, 6) is -0.213. The number of carbonyl (C=O) groups is 2. The van der Waals surface area contributed by atoms with E-state index < -0.39 is 8.65 Å². The molecule has 0 amide bonds. The number of rotatable bonds is 6. The van der Waals surface area contributed by atoms with Crippen LogP contribution in [0.4, 0.5) is 0 Å². The number of hydrogen-bond acceptors (Lipinski definition) is 3. The minimum atomic E-state index is -0.758. The Kier molecular flexibility index (Phi) is 6.34. The quantitative estimate of drug-likeness (QED) is 0.345. The largest absolute Gasteiger partial charge is 0.293 e. The first-order valence-electron chi connectivity index (χ1n) is 7.85. The summed E-state index contributed by atoms with van der Waals surface area (Å²) in [6.45, 7) is 7.18. The van der Waals surface area contributed by atoms with Crippen molar-refractivity contribution in [2.24, 2.45) is 0 Å². The van der Waals surface area contributed by atoms with Crippen LogP contribution in [0.3, 0.4) is 0 Å². The second-order valence-corrected chi connectivity index (χ2v) is 11.8. The average Bonchev–Trinajstić information content (AvgIpc) is 2.52. The van der Waals surface area contributed by atoms with E-state index in [1.807, 2.05) is 42.5 Å². The van der Waals surface area contributed by atoms with Crippen molar-refractivity contribution in [3.63, 3.8) is 0 Å². The van der Waals surface area contributed by atoms with Gasteiger partial charge in [0.05, 0.1) is 8.65 Å². The van der Waals surface area contributed by atoms with Gasteiger partial charge in [-0.15, -0.1) is 0 Å². The molecule has 0 saturated carbocycles. The molecule has 25 heavy (non-hydrogen) atoms. The standard InChI is InChI=1S/C20H20Br2O2S/c1-19(2,21)17(23)14-11-8-12-15(16(14)18(24)20(3,4)22)25-13-9-6-5-7-10-13/h5-12H,1-4H3. The molecule has 0 saturated heterocycles. The molecule has 2 aromatic rings. The van der Waals surface area contributed by atoms with Crippen molar-refractivity contribution in [2.75, 3.05) is 0 Å². The third-order valence-electron chi connectivity index (χ3n) is 3.55. The first-order valence-corrected chi connectivity index (χ1v) is 10.3. The van der Waals surface area contributed by atoms with Crippen LogP contribution in [0.1, 0.15) is 48.4 Å². The van der Waals surface area contributed by atoms with Crippen LogP contribution in [-0.2, 0) is 0 Å². The number of ketones is 2. The molecule has 0 fully saturated rings. The Hall–Kier alpha value is -0.910. The summed E-state index contributed by atoms with van der Waals surface area (Å²) in [5.41, 5.74) is 0.913. The summed E-state index contributed by atoms with van der Waals surface area (Å²) >= 11 is 8.37. The SMILES string of the molecule is CC(C)(Br)C(=O)c1cccc(Sc2ccccc2)c1C(=O)C(C)(C)Br. The van der Waals surface area contributed by atoms with Crippen LogP contribution in [0.2, 0.25) is 0 Å². The van der Waals surface area contributed by atoms with Crippen LogP contribution in [-0.4, -0.2) is 20.2 Å². The van der Waals surface area contributed by atoms with Crippen LogP contribution in [0.5, 0.6) is 0 Å². The predicted octanol–water partition coefficient (Wildman–Crippen LogP) is 6.55. The maximum atomic E-state index is 13.1. The molecular formula is C20H20Br2O2S. The highest BCUT2D eigenvalue weighted by molar-refractivity contribution is 9.10. The van der Waals surface area contributed by atoms with Crippen LogP contribution in [0.25, 0.3) is 0 Å². The normalized spacial score (nSPS) is 12.1. The number of carbonyl (C=O) groups excluding carboxylic acids is 2. The summed E-state index contributed by atoms with van der Waals surface area (Å²) in [6.07, 6.45) is 0. The Bertz CT molecular complexity index is 788. The average molecular weight is 484 g/mol. The predicted molar refractivity (Wildman–Crippen MR) is 112 cm³/mol. The summed E-state index contributed by atoms with van der Waals surface area (Å²) < 4.78 is -1.50. The van der Waals surface area contributed by atoms with Crippen molar-refractivity contribution >= 4 is 55.2 Å². The number of benzene rings is 2. The van der Waals surface area contributed by atoms with Gasteiger partial charge in [-0.1, -0.05) is 74.0 Å². The molecule has 0 radical (unpaired) electrons. The van der Waals surface area contributed by atoms with Gasteiger partial charge in [-0.3, -0.25) is 9.59 Å². The van der Waals surface area contributed by atoms with Crippen molar-refractivity contribution in [3.05, 3.63) is 59.7 Å². The smallest absolute Gasteiger partial charge is 0.180 e. The fraction of sp³-hybridized carbons (Fsp3) is 0.300. The van der Waals surface area contributed by atoms with Crippen molar-refractivity contribution in [2.45, 2.75) is 46.1 Å². The van der Waals surface area contributed by atoms with E-state index in [1.165, 1.54) is 11.8 Å². The molecule has 0 atom stereocenters. The Morgan fingerprint density at radius 3 is 1.88 bits per heavy atom. The summed E-state index contributed by atoms with van der Waals surface area (Å²) in [4.78, 5) is 27.8. The molecule has 0 aromatic heterocycles. The maximum Gasteiger partial charge on any atom is 0.180 e. The fourth-order valence-electron chi connectivity index (χ4n) is 2.27. The van der Waals surface area contributed by atoms with Gasteiger partial charge >= 0.3 is 0 Å². The highest BCUT2D eigenvalue weighted by Crippen LogP contribution is 2.37. The molecule has 0 N–H and O–H groups in total. The Morgan fingerprint density at radius 1 is 0.800 bits per heavy atom. The monoisotopic (exact) mass is 482 g/mol. The third kappa shape index (κ3) is 5.05. The van der Waals surface area contributed by atoms with Crippen LogP contribution >= 0.6 is 43.6 Å². The van der Waals surface area contributed by atoms with E-state index in [4.69, 9.17) is 0 Å². The number of Topliss-reactive ketones (excluding diaryl/α,β-unsaturated/α-hetero) is 2. The Labute approximate surface area is 170 Å². The van der Waals surface area contributed by atoms with Gasteiger partial charge in [0.2, 0.25) is 0 Å². The number of halogens is 2. The van der Waals surface area contributed by atoms with E-state index in [-0.39, 0.29) is 11.6 Å². The van der Waals surface area contributed by atoms with Crippen molar-refractivity contribution in [1.29, 1.82) is 0 Å². The van der Waals surface area contributed by atoms with E-state index in [9.17, 15) is 9.59 Å². The molecule has 0 aliphatic carbocycles. The van der Waals surface area contributed by atoms with E-state index in [0.29, 0.717) is 11.1 Å². The lowest BCUT2D eigenvalue weighted by Gasteiger charge is -2.22. The first kappa shape index (κ1) is 20.4. The van der Waals surface area contributed by atoms with Crippen molar-refractivity contribution < 1.29 is 9.59 Å². The minimum absolute atomic E-state index is 0.105. The summed E-state index contributed by atoms with van der Waals surface area (Å²) in [7, 11) is 0. The zero-order valence-electron chi connectivity index (χ0n) is 14.6. The molecule has 132 valence electrons. The van der Waals surface area contributed by atoms with Gasteiger partial charge in [-0.25, -0.2) is 0 Å². The van der Waals surface area contributed by atoms with Crippen LogP contribution in [0, 0.1) is 0 Å². The molecule has 0 unspecified atom stereocenters. The number of hydrogen-bond donors (Lipinski definition) is 0.